The molecule has 2 fully saturated rings. The van der Waals surface area contributed by atoms with Crippen LogP contribution in [0.5, 0.6) is 0 Å². The number of aromatic nitrogens is 2. The van der Waals surface area contributed by atoms with Crippen LogP contribution in [-0.2, 0) is 13.1 Å². The minimum absolute atomic E-state index is 0.788. The van der Waals surface area contributed by atoms with Crippen LogP contribution in [0, 0.1) is 0 Å². The van der Waals surface area contributed by atoms with Gasteiger partial charge in [0.25, 0.3) is 0 Å². The van der Waals surface area contributed by atoms with Crippen LogP contribution in [0.3, 0.4) is 0 Å². The molecule has 3 heterocycles. The normalized spacial score (nSPS) is 22.9. The van der Waals surface area contributed by atoms with Crippen LogP contribution in [0.2, 0.25) is 0 Å². The molecular formula is C19H26N4. The first-order valence-corrected chi connectivity index (χ1v) is 8.89. The highest BCUT2D eigenvalue weighted by Crippen LogP contribution is 2.23. The van der Waals surface area contributed by atoms with Crippen molar-refractivity contribution in [3.05, 3.63) is 53.9 Å². The van der Waals surface area contributed by atoms with Crippen LogP contribution in [0.15, 0.2) is 42.7 Å². The lowest BCUT2D eigenvalue weighted by molar-refractivity contribution is 0.215. The van der Waals surface area contributed by atoms with Gasteiger partial charge in [0.05, 0.1) is 6.54 Å². The highest BCUT2D eigenvalue weighted by molar-refractivity contribution is 5.27. The molecule has 0 spiro atoms. The molecule has 2 aliphatic rings. The molecular weight excluding hydrogens is 284 g/mol. The summed E-state index contributed by atoms with van der Waals surface area (Å²) in [4.78, 5) is 5.37. The third-order valence-electron chi connectivity index (χ3n) is 5.29. The summed E-state index contributed by atoms with van der Waals surface area (Å²) in [6, 6.07) is 11.6. The monoisotopic (exact) mass is 310 g/mol. The molecule has 0 saturated carbocycles. The van der Waals surface area contributed by atoms with Crippen molar-refractivity contribution in [3.63, 3.8) is 0 Å². The Labute approximate surface area is 138 Å². The number of fused-ring (bicyclic) bond motifs is 1. The topological polar surface area (TPSA) is 24.3 Å². The van der Waals surface area contributed by atoms with E-state index in [4.69, 9.17) is 0 Å². The Bertz CT molecular complexity index is 622. The third kappa shape index (κ3) is 3.48. The van der Waals surface area contributed by atoms with E-state index in [0.29, 0.717) is 0 Å². The Kier molecular flexibility index (Phi) is 4.44. The molecule has 1 aromatic carbocycles. The van der Waals surface area contributed by atoms with Gasteiger partial charge in [-0.1, -0.05) is 24.3 Å². The van der Waals surface area contributed by atoms with Gasteiger partial charge in [0.15, 0.2) is 0 Å². The second kappa shape index (κ2) is 6.85. The highest BCUT2D eigenvalue weighted by Gasteiger charge is 2.28. The molecule has 0 bridgehead atoms. The molecule has 4 rings (SSSR count). The number of nitrogens with zero attached hydrogens (tertiary/aromatic N) is 4. The lowest BCUT2D eigenvalue weighted by Crippen LogP contribution is -2.36. The van der Waals surface area contributed by atoms with Gasteiger partial charge in [-0.3, -0.25) is 14.5 Å². The lowest BCUT2D eigenvalue weighted by atomic mass is 10.1. The van der Waals surface area contributed by atoms with Crippen molar-refractivity contribution in [1.82, 2.24) is 19.6 Å². The summed E-state index contributed by atoms with van der Waals surface area (Å²) in [5, 5.41) is 4.35. The number of hydrogen-bond acceptors (Lipinski definition) is 3. The Morgan fingerprint density at radius 3 is 2.61 bits per heavy atom. The van der Waals surface area contributed by atoms with E-state index in [0.717, 1.165) is 19.1 Å². The van der Waals surface area contributed by atoms with Crippen LogP contribution >= 0.6 is 0 Å². The highest BCUT2D eigenvalue weighted by atomic mass is 15.3. The van der Waals surface area contributed by atoms with E-state index in [1.54, 1.807) is 0 Å². The molecule has 1 aromatic heterocycles. The van der Waals surface area contributed by atoms with Crippen LogP contribution in [-0.4, -0.2) is 51.8 Å². The number of rotatable bonds is 4. The van der Waals surface area contributed by atoms with Crippen LogP contribution in [0.4, 0.5) is 0 Å². The average molecular weight is 310 g/mol. The van der Waals surface area contributed by atoms with Gasteiger partial charge in [0.1, 0.15) is 0 Å². The van der Waals surface area contributed by atoms with E-state index in [1.807, 2.05) is 23.1 Å². The molecule has 2 aromatic rings. The van der Waals surface area contributed by atoms with Crippen molar-refractivity contribution in [2.45, 2.75) is 38.4 Å². The Hall–Kier alpha value is -1.65. The second-order valence-corrected chi connectivity index (χ2v) is 6.89. The fraction of sp³-hybridized carbons (Fsp3) is 0.526. The minimum atomic E-state index is 0.788. The molecule has 0 aliphatic carbocycles. The largest absolute Gasteiger partial charge is 0.299 e. The minimum Gasteiger partial charge on any atom is -0.299 e. The maximum atomic E-state index is 4.35. The first-order valence-electron chi connectivity index (χ1n) is 8.89. The Morgan fingerprint density at radius 1 is 0.957 bits per heavy atom. The predicted molar refractivity (Wildman–Crippen MR) is 92.3 cm³/mol. The van der Waals surface area contributed by atoms with Gasteiger partial charge in [-0.15, -0.1) is 0 Å². The van der Waals surface area contributed by atoms with Crippen LogP contribution in [0.1, 0.15) is 30.4 Å². The third-order valence-corrected chi connectivity index (χ3v) is 5.29. The fourth-order valence-corrected chi connectivity index (χ4v) is 4.10. The van der Waals surface area contributed by atoms with Crippen LogP contribution in [0.25, 0.3) is 0 Å². The van der Waals surface area contributed by atoms with Crippen molar-refractivity contribution < 1.29 is 0 Å². The van der Waals surface area contributed by atoms with Gasteiger partial charge in [-0.25, -0.2) is 0 Å². The van der Waals surface area contributed by atoms with Crippen molar-refractivity contribution in [3.8, 4) is 0 Å². The summed E-state index contributed by atoms with van der Waals surface area (Å²) >= 11 is 0. The average Bonchev–Trinajstić information content (AvgIpc) is 3.19. The van der Waals surface area contributed by atoms with Crippen LogP contribution < -0.4 is 0 Å². The Morgan fingerprint density at radius 2 is 1.78 bits per heavy atom. The Balaban J connectivity index is 1.47. The standard InChI is InChI=1S/C19H26N4/c1-2-7-18(15-23-13-4-9-20-23)17(6-1)14-21-10-5-12-22-11-3-8-19(22)16-21/h1-2,4,6-7,9,13,19H,3,5,8,10-12,14-16H2/t19-/m0/s1. The van der Waals surface area contributed by atoms with E-state index in [9.17, 15) is 0 Å². The second-order valence-electron chi connectivity index (χ2n) is 6.89. The van der Waals surface area contributed by atoms with E-state index in [1.165, 1.54) is 56.6 Å². The van der Waals surface area contributed by atoms with E-state index >= 15 is 0 Å². The van der Waals surface area contributed by atoms with Gasteiger partial charge in [-0.05, 0) is 56.1 Å². The summed E-state index contributed by atoms with van der Waals surface area (Å²) in [6.07, 6.45) is 7.96. The lowest BCUT2D eigenvalue weighted by Gasteiger charge is -2.26. The van der Waals surface area contributed by atoms with E-state index < -0.39 is 0 Å². The maximum Gasteiger partial charge on any atom is 0.0662 e. The summed E-state index contributed by atoms with van der Waals surface area (Å²) in [5.74, 6) is 0. The molecule has 0 unspecified atom stereocenters. The van der Waals surface area contributed by atoms with Gasteiger partial charge in [0.2, 0.25) is 0 Å². The van der Waals surface area contributed by atoms with Gasteiger partial charge in [-0.2, -0.15) is 5.10 Å². The molecule has 4 heteroatoms. The molecule has 0 radical (unpaired) electrons. The zero-order valence-electron chi connectivity index (χ0n) is 13.8. The van der Waals surface area contributed by atoms with Gasteiger partial charge < -0.3 is 0 Å². The summed E-state index contributed by atoms with van der Waals surface area (Å²) < 4.78 is 2.01. The molecule has 0 amide bonds. The summed E-state index contributed by atoms with van der Waals surface area (Å²) in [6.45, 7) is 7.00. The zero-order chi connectivity index (χ0) is 15.5. The number of benzene rings is 1. The molecule has 1 atom stereocenters. The first-order chi connectivity index (χ1) is 11.4. The van der Waals surface area contributed by atoms with Crippen molar-refractivity contribution in [2.75, 3.05) is 26.2 Å². The molecule has 4 nitrogen and oxygen atoms in total. The zero-order valence-corrected chi connectivity index (χ0v) is 13.8. The quantitative estimate of drug-likeness (QED) is 0.867. The van der Waals surface area contributed by atoms with Crippen molar-refractivity contribution in [1.29, 1.82) is 0 Å². The fourth-order valence-electron chi connectivity index (χ4n) is 4.10. The SMILES string of the molecule is c1ccc(Cn2cccn2)c(CN2CCCN3CCC[C@H]3C2)c1. The molecule has 122 valence electrons. The molecule has 0 N–H and O–H groups in total. The van der Waals surface area contributed by atoms with E-state index in [-0.39, 0.29) is 0 Å². The summed E-state index contributed by atoms with van der Waals surface area (Å²) in [5.41, 5.74) is 2.85. The predicted octanol–water partition coefficient (Wildman–Crippen LogP) is 2.60. The molecule has 2 aliphatic heterocycles. The van der Waals surface area contributed by atoms with Gasteiger partial charge in [0, 0.05) is 31.5 Å². The van der Waals surface area contributed by atoms with Gasteiger partial charge >= 0.3 is 0 Å². The maximum absolute atomic E-state index is 4.35. The number of hydrogen-bond donors (Lipinski definition) is 0. The van der Waals surface area contributed by atoms with Crippen molar-refractivity contribution >= 4 is 0 Å². The van der Waals surface area contributed by atoms with E-state index in [2.05, 4.69) is 39.2 Å². The molecule has 2 saturated heterocycles. The molecule has 23 heavy (non-hydrogen) atoms. The van der Waals surface area contributed by atoms with Crippen molar-refractivity contribution in [2.24, 2.45) is 0 Å². The smallest absolute Gasteiger partial charge is 0.0662 e. The summed E-state index contributed by atoms with van der Waals surface area (Å²) in [7, 11) is 0. The first kappa shape index (κ1) is 14.9.